The molecule has 3 rings (SSSR count). The van der Waals surface area contributed by atoms with Crippen molar-refractivity contribution in [2.75, 3.05) is 38.2 Å². The van der Waals surface area contributed by atoms with Gasteiger partial charge in [0.05, 0.1) is 12.8 Å². The lowest BCUT2D eigenvalue weighted by molar-refractivity contribution is -0.119. The molecule has 9 heteroatoms. The maximum atomic E-state index is 14.1. The summed E-state index contributed by atoms with van der Waals surface area (Å²) in [6.45, 7) is 4.16. The van der Waals surface area contributed by atoms with Crippen molar-refractivity contribution in [3.63, 3.8) is 0 Å². The Hall–Kier alpha value is -3.36. The molecule has 32 heavy (non-hydrogen) atoms. The Morgan fingerprint density at radius 2 is 1.97 bits per heavy atom. The van der Waals surface area contributed by atoms with E-state index in [-0.39, 0.29) is 18.5 Å². The van der Waals surface area contributed by atoms with Gasteiger partial charge in [-0.2, -0.15) is 0 Å². The van der Waals surface area contributed by atoms with Crippen LogP contribution in [0.5, 0.6) is 5.75 Å². The van der Waals surface area contributed by atoms with E-state index >= 15 is 0 Å². The second-order valence-corrected chi connectivity index (χ2v) is 7.49. The number of nitrogens with zero attached hydrogens (tertiary/aromatic N) is 2. The molecule has 0 radical (unpaired) electrons. The minimum atomic E-state index is -0.591. The van der Waals surface area contributed by atoms with Crippen molar-refractivity contribution in [2.45, 2.75) is 25.9 Å². The molecule has 1 saturated heterocycles. The maximum absolute atomic E-state index is 14.1. The van der Waals surface area contributed by atoms with E-state index in [0.29, 0.717) is 37.8 Å². The van der Waals surface area contributed by atoms with Gasteiger partial charge in [-0.15, -0.1) is 0 Å². The zero-order valence-electron chi connectivity index (χ0n) is 18.3. The van der Waals surface area contributed by atoms with E-state index in [1.807, 2.05) is 36.1 Å². The van der Waals surface area contributed by atoms with Crippen molar-refractivity contribution in [1.82, 2.24) is 16.0 Å². The minimum absolute atomic E-state index is 0.0193. The highest BCUT2D eigenvalue weighted by Gasteiger charge is 2.25. The maximum Gasteiger partial charge on any atom is 0.242 e. The van der Waals surface area contributed by atoms with E-state index in [1.165, 1.54) is 12.1 Å². The molecule has 0 aromatic heterocycles. The summed E-state index contributed by atoms with van der Waals surface area (Å²) in [7, 11) is 1.61. The first kappa shape index (κ1) is 23.3. The van der Waals surface area contributed by atoms with E-state index < -0.39 is 11.6 Å². The third kappa shape index (κ3) is 6.57. The molecule has 1 heterocycles. The molecule has 172 valence electrons. The molecule has 1 fully saturated rings. The van der Waals surface area contributed by atoms with E-state index in [2.05, 4.69) is 20.9 Å². The van der Waals surface area contributed by atoms with Gasteiger partial charge in [-0.1, -0.05) is 12.1 Å². The lowest BCUT2D eigenvalue weighted by Crippen LogP contribution is -2.45. The van der Waals surface area contributed by atoms with Crippen LogP contribution in [0.4, 0.5) is 14.5 Å². The van der Waals surface area contributed by atoms with Gasteiger partial charge < -0.3 is 25.6 Å². The Morgan fingerprint density at radius 1 is 1.19 bits per heavy atom. The number of rotatable bonds is 8. The molecule has 0 bridgehead atoms. The number of hydrogen-bond donors (Lipinski definition) is 3. The fourth-order valence-corrected chi connectivity index (χ4v) is 3.50. The van der Waals surface area contributed by atoms with Gasteiger partial charge in [-0.25, -0.2) is 13.8 Å². The molecule has 1 aliphatic rings. The van der Waals surface area contributed by atoms with Crippen LogP contribution in [0.2, 0.25) is 0 Å². The van der Waals surface area contributed by atoms with Gasteiger partial charge in [0, 0.05) is 38.3 Å². The molecule has 7 nitrogen and oxygen atoms in total. The van der Waals surface area contributed by atoms with Crippen molar-refractivity contribution < 1.29 is 18.3 Å². The Balaban J connectivity index is 1.50. The van der Waals surface area contributed by atoms with Crippen molar-refractivity contribution in [2.24, 2.45) is 4.99 Å². The summed E-state index contributed by atoms with van der Waals surface area (Å²) in [5, 5.41) is 9.27. The number of carbonyl (C=O) groups is 1. The van der Waals surface area contributed by atoms with Gasteiger partial charge in [-0.3, -0.25) is 4.79 Å². The molecule has 1 amide bonds. The van der Waals surface area contributed by atoms with E-state index in [1.54, 1.807) is 7.11 Å². The number of benzene rings is 2. The topological polar surface area (TPSA) is 78.0 Å². The van der Waals surface area contributed by atoms with Crippen LogP contribution in [-0.2, 0) is 11.3 Å². The standard InChI is InChI=1S/C23H29F2N5O2/c1-3-26-23(28-14-22(31)27-13-16-4-7-19(32-2)8-5-16)29-18-10-11-30(15-18)21-9-6-17(24)12-20(21)25/h4-9,12,18H,3,10-11,13-15H2,1-2H3,(H,27,31)(H2,26,28,29). The smallest absolute Gasteiger partial charge is 0.242 e. The van der Waals surface area contributed by atoms with Gasteiger partial charge in [0.2, 0.25) is 5.91 Å². The fraction of sp³-hybridized carbons (Fsp3) is 0.391. The molecular weight excluding hydrogens is 416 g/mol. The average molecular weight is 446 g/mol. The largest absolute Gasteiger partial charge is 0.497 e. The van der Waals surface area contributed by atoms with Gasteiger partial charge in [0.1, 0.15) is 23.9 Å². The molecule has 1 unspecified atom stereocenters. The van der Waals surface area contributed by atoms with Crippen LogP contribution in [0.1, 0.15) is 18.9 Å². The molecule has 2 aromatic carbocycles. The van der Waals surface area contributed by atoms with Crippen LogP contribution in [-0.4, -0.2) is 51.2 Å². The normalized spacial score (nSPS) is 16.1. The number of hydrogen-bond acceptors (Lipinski definition) is 4. The lowest BCUT2D eigenvalue weighted by atomic mass is 10.2. The quantitative estimate of drug-likeness (QED) is 0.430. The number of aliphatic imine (C=N–C) groups is 1. The Morgan fingerprint density at radius 3 is 2.66 bits per heavy atom. The summed E-state index contributed by atoms with van der Waals surface area (Å²) in [5.74, 6) is -0.0663. The van der Waals surface area contributed by atoms with Crippen LogP contribution in [0, 0.1) is 11.6 Å². The number of amides is 1. The first-order chi connectivity index (χ1) is 15.5. The Bertz CT molecular complexity index is 936. The number of nitrogens with one attached hydrogen (secondary N) is 3. The second-order valence-electron chi connectivity index (χ2n) is 7.49. The lowest BCUT2D eigenvalue weighted by Gasteiger charge is -2.21. The van der Waals surface area contributed by atoms with Crippen LogP contribution < -0.4 is 25.6 Å². The third-order valence-corrected chi connectivity index (χ3v) is 5.15. The van der Waals surface area contributed by atoms with Gasteiger partial charge in [-0.05, 0) is 43.2 Å². The van der Waals surface area contributed by atoms with Crippen LogP contribution >= 0.6 is 0 Å². The molecule has 3 N–H and O–H groups in total. The van der Waals surface area contributed by atoms with Gasteiger partial charge in [0.25, 0.3) is 0 Å². The van der Waals surface area contributed by atoms with Gasteiger partial charge >= 0.3 is 0 Å². The summed E-state index contributed by atoms with van der Waals surface area (Å²) < 4.78 is 32.4. The predicted molar refractivity (Wildman–Crippen MR) is 121 cm³/mol. The van der Waals surface area contributed by atoms with Crippen LogP contribution in [0.3, 0.4) is 0 Å². The number of methoxy groups -OCH3 is 1. The SMILES string of the molecule is CCNC(=NCC(=O)NCc1ccc(OC)cc1)NC1CCN(c2ccc(F)cc2F)C1. The molecule has 0 aliphatic carbocycles. The second kappa shape index (κ2) is 11.3. The number of ether oxygens (including phenoxy) is 1. The molecule has 1 atom stereocenters. The molecule has 2 aromatic rings. The summed E-state index contributed by atoms with van der Waals surface area (Å²) in [5.41, 5.74) is 1.35. The van der Waals surface area contributed by atoms with E-state index in [0.717, 1.165) is 23.8 Å². The van der Waals surface area contributed by atoms with E-state index in [4.69, 9.17) is 4.74 Å². The van der Waals surface area contributed by atoms with Crippen molar-refractivity contribution in [1.29, 1.82) is 0 Å². The molecule has 0 saturated carbocycles. The average Bonchev–Trinajstić information content (AvgIpc) is 3.24. The van der Waals surface area contributed by atoms with Crippen molar-refractivity contribution >= 4 is 17.6 Å². The highest BCUT2D eigenvalue weighted by atomic mass is 19.1. The highest BCUT2D eigenvalue weighted by Crippen LogP contribution is 2.24. The number of carbonyl (C=O) groups excluding carboxylic acids is 1. The third-order valence-electron chi connectivity index (χ3n) is 5.15. The monoisotopic (exact) mass is 445 g/mol. The van der Waals surface area contributed by atoms with Crippen molar-refractivity contribution in [3.8, 4) is 5.75 Å². The number of guanidine groups is 1. The Labute approximate surface area is 186 Å². The highest BCUT2D eigenvalue weighted by molar-refractivity contribution is 5.85. The summed E-state index contributed by atoms with van der Waals surface area (Å²) in [4.78, 5) is 18.4. The summed E-state index contributed by atoms with van der Waals surface area (Å²) >= 11 is 0. The fourth-order valence-electron chi connectivity index (χ4n) is 3.50. The van der Waals surface area contributed by atoms with Gasteiger partial charge in [0.15, 0.2) is 5.96 Å². The summed E-state index contributed by atoms with van der Waals surface area (Å²) in [6, 6.07) is 11.1. The Kier molecular flexibility index (Phi) is 8.24. The molecule has 0 spiro atoms. The predicted octanol–water partition coefficient (Wildman–Crippen LogP) is 2.42. The molecular formula is C23H29F2N5O2. The van der Waals surface area contributed by atoms with Crippen LogP contribution in [0.15, 0.2) is 47.5 Å². The van der Waals surface area contributed by atoms with Crippen LogP contribution in [0.25, 0.3) is 0 Å². The first-order valence-corrected chi connectivity index (χ1v) is 10.6. The first-order valence-electron chi connectivity index (χ1n) is 10.6. The minimum Gasteiger partial charge on any atom is -0.497 e. The summed E-state index contributed by atoms with van der Waals surface area (Å²) in [6.07, 6.45) is 0.769. The molecule has 1 aliphatic heterocycles. The zero-order valence-corrected chi connectivity index (χ0v) is 18.3. The van der Waals surface area contributed by atoms with Crippen molar-refractivity contribution in [3.05, 3.63) is 59.7 Å². The number of anilines is 1. The zero-order chi connectivity index (χ0) is 22.9. The number of halogens is 2. The van der Waals surface area contributed by atoms with E-state index in [9.17, 15) is 13.6 Å².